The SMILES string of the molecule is Cc1cc(C)cc(Nc2nc(F)c(F)cc2F)c1. The molecule has 2 rings (SSSR count). The lowest BCUT2D eigenvalue weighted by Gasteiger charge is -2.09. The van der Waals surface area contributed by atoms with Crippen molar-refractivity contribution < 1.29 is 13.2 Å². The van der Waals surface area contributed by atoms with Gasteiger partial charge >= 0.3 is 0 Å². The maximum Gasteiger partial charge on any atom is 0.251 e. The number of nitrogens with zero attached hydrogens (tertiary/aromatic N) is 1. The van der Waals surface area contributed by atoms with E-state index in [2.05, 4.69) is 10.3 Å². The van der Waals surface area contributed by atoms with Gasteiger partial charge in [0.25, 0.3) is 5.95 Å². The van der Waals surface area contributed by atoms with E-state index in [9.17, 15) is 13.2 Å². The number of aromatic nitrogens is 1. The first-order chi connectivity index (χ1) is 8.45. The first-order valence-corrected chi connectivity index (χ1v) is 5.32. The molecule has 2 nitrogen and oxygen atoms in total. The van der Waals surface area contributed by atoms with Crippen molar-refractivity contribution in [3.05, 3.63) is 53.0 Å². The van der Waals surface area contributed by atoms with Gasteiger partial charge in [-0.3, -0.25) is 0 Å². The van der Waals surface area contributed by atoms with Crippen molar-refractivity contribution >= 4 is 11.5 Å². The van der Waals surface area contributed by atoms with Gasteiger partial charge in [-0.1, -0.05) is 6.07 Å². The number of benzene rings is 1. The van der Waals surface area contributed by atoms with Crippen LogP contribution in [0.25, 0.3) is 0 Å². The third-order valence-corrected chi connectivity index (χ3v) is 2.37. The zero-order valence-corrected chi connectivity index (χ0v) is 9.89. The molecule has 1 N–H and O–H groups in total. The minimum atomic E-state index is -1.33. The first kappa shape index (κ1) is 12.4. The predicted octanol–water partition coefficient (Wildman–Crippen LogP) is 3.86. The summed E-state index contributed by atoms with van der Waals surface area (Å²) < 4.78 is 39.0. The van der Waals surface area contributed by atoms with Crippen LogP contribution in [0, 0.1) is 31.4 Å². The van der Waals surface area contributed by atoms with E-state index in [0.717, 1.165) is 11.1 Å². The molecule has 0 unspecified atom stereocenters. The van der Waals surface area contributed by atoms with Crippen molar-refractivity contribution in [2.75, 3.05) is 5.32 Å². The molecule has 0 aliphatic heterocycles. The normalized spacial score (nSPS) is 10.5. The van der Waals surface area contributed by atoms with Crippen LogP contribution in [0.4, 0.5) is 24.7 Å². The lowest BCUT2D eigenvalue weighted by molar-refractivity contribution is 0.467. The van der Waals surface area contributed by atoms with Gasteiger partial charge in [0.1, 0.15) is 0 Å². The Morgan fingerprint density at radius 3 is 2.11 bits per heavy atom. The lowest BCUT2D eigenvalue weighted by Crippen LogP contribution is -2.02. The summed E-state index contributed by atoms with van der Waals surface area (Å²) in [7, 11) is 0. The molecule has 0 aliphatic carbocycles. The van der Waals surface area contributed by atoms with Gasteiger partial charge in [-0.25, -0.2) is 8.78 Å². The monoisotopic (exact) mass is 252 g/mol. The third-order valence-electron chi connectivity index (χ3n) is 2.37. The van der Waals surface area contributed by atoms with Crippen molar-refractivity contribution in [3.8, 4) is 0 Å². The van der Waals surface area contributed by atoms with E-state index < -0.39 is 17.6 Å². The second kappa shape index (κ2) is 4.68. The van der Waals surface area contributed by atoms with Gasteiger partial charge in [-0.2, -0.15) is 9.37 Å². The van der Waals surface area contributed by atoms with Crippen LogP contribution >= 0.6 is 0 Å². The van der Waals surface area contributed by atoms with Gasteiger partial charge in [0.15, 0.2) is 17.5 Å². The number of rotatable bonds is 2. The van der Waals surface area contributed by atoms with E-state index >= 15 is 0 Å². The Balaban J connectivity index is 2.36. The van der Waals surface area contributed by atoms with Gasteiger partial charge in [0.2, 0.25) is 0 Å². The van der Waals surface area contributed by atoms with Crippen molar-refractivity contribution in [2.45, 2.75) is 13.8 Å². The fourth-order valence-electron chi connectivity index (χ4n) is 1.72. The van der Waals surface area contributed by atoms with Gasteiger partial charge in [-0.15, -0.1) is 0 Å². The van der Waals surface area contributed by atoms with E-state index in [1.165, 1.54) is 0 Å². The third kappa shape index (κ3) is 2.61. The molecule has 0 bridgehead atoms. The summed E-state index contributed by atoms with van der Waals surface area (Å²) in [6, 6.07) is 5.93. The van der Waals surface area contributed by atoms with Gasteiger partial charge < -0.3 is 5.32 Å². The molecule has 1 heterocycles. The Bertz CT molecular complexity index is 577. The molecule has 18 heavy (non-hydrogen) atoms. The molecule has 94 valence electrons. The van der Waals surface area contributed by atoms with Crippen molar-refractivity contribution in [1.29, 1.82) is 0 Å². The molecule has 0 spiro atoms. The van der Waals surface area contributed by atoms with E-state index in [-0.39, 0.29) is 5.82 Å². The molecular weight excluding hydrogens is 241 g/mol. The van der Waals surface area contributed by atoms with E-state index in [1.807, 2.05) is 19.9 Å². The Morgan fingerprint density at radius 1 is 0.889 bits per heavy atom. The zero-order chi connectivity index (χ0) is 13.3. The van der Waals surface area contributed by atoms with Crippen molar-refractivity contribution in [2.24, 2.45) is 0 Å². The number of pyridine rings is 1. The molecule has 5 heteroatoms. The fraction of sp³-hybridized carbons (Fsp3) is 0.154. The molecule has 1 aromatic heterocycles. The van der Waals surface area contributed by atoms with E-state index in [0.29, 0.717) is 11.8 Å². The molecule has 1 aromatic carbocycles. The number of halogens is 3. The molecule has 0 aliphatic rings. The first-order valence-electron chi connectivity index (χ1n) is 5.32. The summed E-state index contributed by atoms with van der Waals surface area (Å²) in [5, 5.41) is 2.63. The van der Waals surface area contributed by atoms with Crippen LogP contribution in [0.2, 0.25) is 0 Å². The summed E-state index contributed by atoms with van der Waals surface area (Å²) >= 11 is 0. The van der Waals surface area contributed by atoms with E-state index in [4.69, 9.17) is 0 Å². The largest absolute Gasteiger partial charge is 0.338 e. The molecule has 0 atom stereocenters. The Labute approximate surface area is 102 Å². The molecule has 0 amide bonds. The quantitative estimate of drug-likeness (QED) is 0.821. The summed E-state index contributed by atoms with van der Waals surface area (Å²) in [6.45, 7) is 3.76. The Hall–Kier alpha value is -2.04. The van der Waals surface area contributed by atoms with Crippen LogP contribution < -0.4 is 5.32 Å². The van der Waals surface area contributed by atoms with Gasteiger partial charge in [0.05, 0.1) is 0 Å². The molecule has 0 saturated heterocycles. The number of nitrogens with one attached hydrogen (secondary N) is 1. The molecular formula is C13H11F3N2. The van der Waals surface area contributed by atoms with Gasteiger partial charge in [0, 0.05) is 11.8 Å². The van der Waals surface area contributed by atoms with Crippen LogP contribution in [-0.2, 0) is 0 Å². The average molecular weight is 252 g/mol. The van der Waals surface area contributed by atoms with Gasteiger partial charge in [-0.05, 0) is 37.1 Å². The zero-order valence-electron chi connectivity index (χ0n) is 9.89. The highest BCUT2D eigenvalue weighted by molar-refractivity contribution is 5.58. The van der Waals surface area contributed by atoms with Crippen molar-refractivity contribution in [1.82, 2.24) is 4.98 Å². The summed E-state index contributed by atoms with van der Waals surface area (Å²) in [5.74, 6) is -3.91. The number of aryl methyl sites for hydroxylation is 2. The number of hydrogen-bond acceptors (Lipinski definition) is 2. The fourth-order valence-corrected chi connectivity index (χ4v) is 1.72. The Kier molecular flexibility index (Phi) is 3.23. The minimum absolute atomic E-state index is 0.334. The van der Waals surface area contributed by atoms with Crippen molar-refractivity contribution in [3.63, 3.8) is 0 Å². The lowest BCUT2D eigenvalue weighted by atomic mass is 10.1. The van der Waals surface area contributed by atoms with Crippen LogP contribution in [0.15, 0.2) is 24.3 Å². The summed E-state index contributed by atoms with van der Waals surface area (Å²) in [5.41, 5.74) is 2.52. The highest BCUT2D eigenvalue weighted by Gasteiger charge is 2.11. The highest BCUT2D eigenvalue weighted by atomic mass is 19.2. The predicted molar refractivity (Wildman–Crippen MR) is 63.3 cm³/mol. The van der Waals surface area contributed by atoms with E-state index in [1.54, 1.807) is 12.1 Å². The molecule has 2 aromatic rings. The molecule has 0 fully saturated rings. The highest BCUT2D eigenvalue weighted by Crippen LogP contribution is 2.21. The molecule has 0 radical (unpaired) electrons. The maximum atomic E-state index is 13.4. The topological polar surface area (TPSA) is 24.9 Å². The number of anilines is 2. The minimum Gasteiger partial charge on any atom is -0.338 e. The maximum absolute atomic E-state index is 13.4. The van der Waals surface area contributed by atoms with Crippen LogP contribution in [0.1, 0.15) is 11.1 Å². The van der Waals surface area contributed by atoms with Crippen LogP contribution in [0.3, 0.4) is 0 Å². The average Bonchev–Trinajstić information content (AvgIpc) is 2.24. The number of hydrogen-bond donors (Lipinski definition) is 1. The molecule has 0 saturated carbocycles. The smallest absolute Gasteiger partial charge is 0.251 e. The summed E-state index contributed by atoms with van der Waals surface area (Å²) in [4.78, 5) is 3.20. The second-order valence-corrected chi connectivity index (χ2v) is 4.09. The summed E-state index contributed by atoms with van der Waals surface area (Å²) in [6.07, 6.45) is 0. The van der Waals surface area contributed by atoms with Crippen LogP contribution in [-0.4, -0.2) is 4.98 Å². The Morgan fingerprint density at radius 2 is 1.50 bits per heavy atom. The van der Waals surface area contributed by atoms with Crippen LogP contribution in [0.5, 0.6) is 0 Å². The second-order valence-electron chi connectivity index (χ2n) is 4.09. The standard InChI is InChI=1S/C13H11F3N2/c1-7-3-8(2)5-9(4-7)17-13-11(15)6-10(14)12(16)18-13/h3-6H,1-2H3,(H,17,18).